The molecule has 1 rings (SSSR count). The summed E-state index contributed by atoms with van der Waals surface area (Å²) in [6, 6.07) is 3.99. The molecule has 0 nitrogen and oxygen atoms in total. The van der Waals surface area contributed by atoms with Crippen LogP contribution in [0.15, 0.2) is 12.1 Å². The van der Waals surface area contributed by atoms with Gasteiger partial charge in [0.15, 0.2) is 0 Å². The molecule has 0 spiro atoms. The van der Waals surface area contributed by atoms with Gasteiger partial charge in [-0.25, -0.2) is 4.39 Å². The number of hydrogen-bond donors (Lipinski definition) is 0. The predicted octanol–water partition coefficient (Wildman–Crippen LogP) is 2.95. The van der Waals surface area contributed by atoms with Crippen LogP contribution in [-0.4, -0.2) is 0 Å². The van der Waals surface area contributed by atoms with E-state index in [4.69, 9.17) is 0 Å². The van der Waals surface area contributed by atoms with Gasteiger partial charge in [-0.2, -0.15) is 13.2 Å². The van der Waals surface area contributed by atoms with Gasteiger partial charge in [-0.05, 0) is 30.7 Å². The average Bonchev–Trinajstić information content (AvgIpc) is 1.92. The van der Waals surface area contributed by atoms with Crippen molar-refractivity contribution in [3.8, 4) is 0 Å². The number of benzene rings is 1. The number of rotatable bonds is 0. The molecule has 0 unspecified atom stereocenters. The molecule has 1 aromatic rings. The smallest absolute Gasteiger partial charge is 0.206 e. The Bertz CT molecular complexity index is 288. The van der Waals surface area contributed by atoms with Crippen molar-refractivity contribution in [2.24, 2.45) is 0 Å². The zero-order valence-electron chi connectivity index (χ0n) is 6.17. The van der Waals surface area contributed by atoms with E-state index in [2.05, 4.69) is 6.07 Å². The van der Waals surface area contributed by atoms with E-state index in [0.29, 0.717) is 6.07 Å². The minimum atomic E-state index is -4.63. The summed E-state index contributed by atoms with van der Waals surface area (Å²) < 4.78 is 48.7. The van der Waals surface area contributed by atoms with E-state index < -0.39 is 17.6 Å². The zero-order chi connectivity index (χ0) is 9.35. The fourth-order valence-electron chi connectivity index (χ4n) is 0.795. The SMILES string of the molecule is Cc1c[c]cc(C(F)(F)F)c1F. The number of aryl methyl sites for hydroxylation is 1. The molecule has 0 N–H and O–H groups in total. The van der Waals surface area contributed by atoms with Crippen LogP contribution in [0.4, 0.5) is 17.6 Å². The molecular weight excluding hydrogens is 172 g/mol. The number of halogens is 4. The van der Waals surface area contributed by atoms with Crippen LogP contribution >= 0.6 is 0 Å². The summed E-state index contributed by atoms with van der Waals surface area (Å²) in [5.74, 6) is -1.22. The largest absolute Gasteiger partial charge is 0.419 e. The topological polar surface area (TPSA) is 0 Å². The lowest BCUT2D eigenvalue weighted by molar-refractivity contribution is -0.140. The van der Waals surface area contributed by atoms with Gasteiger partial charge in [0, 0.05) is 0 Å². The van der Waals surface area contributed by atoms with Gasteiger partial charge in [-0.3, -0.25) is 0 Å². The molecule has 4 heteroatoms. The van der Waals surface area contributed by atoms with Crippen molar-refractivity contribution in [3.63, 3.8) is 0 Å². The Morgan fingerprint density at radius 2 is 1.83 bits per heavy atom. The van der Waals surface area contributed by atoms with Crippen LogP contribution in [-0.2, 0) is 6.18 Å². The van der Waals surface area contributed by atoms with Gasteiger partial charge < -0.3 is 0 Å². The van der Waals surface area contributed by atoms with Crippen molar-refractivity contribution < 1.29 is 17.6 Å². The molecule has 0 aliphatic carbocycles. The van der Waals surface area contributed by atoms with E-state index in [1.54, 1.807) is 0 Å². The molecule has 12 heavy (non-hydrogen) atoms. The highest BCUT2D eigenvalue weighted by atomic mass is 19.4. The van der Waals surface area contributed by atoms with Gasteiger partial charge in [0.25, 0.3) is 0 Å². The molecule has 1 aromatic carbocycles. The summed E-state index contributed by atoms with van der Waals surface area (Å²) in [7, 11) is 0. The van der Waals surface area contributed by atoms with Crippen molar-refractivity contribution >= 4 is 0 Å². The minimum Gasteiger partial charge on any atom is -0.206 e. The van der Waals surface area contributed by atoms with Crippen molar-refractivity contribution in [1.29, 1.82) is 0 Å². The summed E-state index contributed by atoms with van der Waals surface area (Å²) in [5.41, 5.74) is -1.31. The second kappa shape index (κ2) is 2.77. The van der Waals surface area contributed by atoms with E-state index in [-0.39, 0.29) is 5.56 Å². The predicted molar refractivity (Wildman–Crippen MR) is 35.0 cm³/mol. The summed E-state index contributed by atoms with van der Waals surface area (Å²) in [5, 5.41) is 0. The lowest BCUT2D eigenvalue weighted by atomic mass is 10.1. The van der Waals surface area contributed by atoms with Crippen molar-refractivity contribution in [3.05, 3.63) is 35.1 Å². The van der Waals surface area contributed by atoms with Crippen LogP contribution in [0.2, 0.25) is 0 Å². The maximum absolute atomic E-state index is 12.8. The fraction of sp³-hybridized carbons (Fsp3) is 0.250. The first-order chi connectivity index (χ1) is 5.43. The maximum atomic E-state index is 12.8. The molecule has 0 aromatic heterocycles. The molecule has 0 aliphatic heterocycles. The molecule has 0 atom stereocenters. The molecule has 1 radical (unpaired) electrons. The van der Waals surface area contributed by atoms with Gasteiger partial charge in [-0.1, -0.05) is 0 Å². The first-order valence-corrected chi connectivity index (χ1v) is 3.16. The van der Waals surface area contributed by atoms with Gasteiger partial charge in [0.1, 0.15) is 5.82 Å². The Morgan fingerprint density at radius 1 is 1.25 bits per heavy atom. The van der Waals surface area contributed by atoms with Gasteiger partial charge in [-0.15, -0.1) is 0 Å². The molecule has 0 aliphatic rings. The lowest BCUT2D eigenvalue weighted by Gasteiger charge is -2.08. The standard InChI is InChI=1S/C8H5F4/c1-5-3-2-4-6(7(5)9)8(10,11)12/h3-4H,1H3. The molecule has 0 heterocycles. The third-order valence-corrected chi connectivity index (χ3v) is 1.42. The summed E-state index contributed by atoms with van der Waals surface area (Å²) >= 11 is 0. The van der Waals surface area contributed by atoms with Crippen molar-refractivity contribution in [2.75, 3.05) is 0 Å². The van der Waals surface area contributed by atoms with Crippen LogP contribution in [0, 0.1) is 18.8 Å². The highest BCUT2D eigenvalue weighted by Gasteiger charge is 2.34. The molecule has 0 bridgehead atoms. The van der Waals surface area contributed by atoms with Crippen LogP contribution < -0.4 is 0 Å². The highest BCUT2D eigenvalue weighted by molar-refractivity contribution is 5.26. The van der Waals surface area contributed by atoms with E-state index in [1.807, 2.05) is 0 Å². The second-order valence-electron chi connectivity index (χ2n) is 2.36. The monoisotopic (exact) mass is 177 g/mol. The van der Waals surface area contributed by atoms with Crippen LogP contribution in [0.25, 0.3) is 0 Å². The third kappa shape index (κ3) is 1.57. The third-order valence-electron chi connectivity index (χ3n) is 1.42. The van der Waals surface area contributed by atoms with E-state index in [0.717, 1.165) is 0 Å². The van der Waals surface area contributed by atoms with E-state index in [9.17, 15) is 17.6 Å². The zero-order valence-corrected chi connectivity index (χ0v) is 6.17. The number of hydrogen-bond acceptors (Lipinski definition) is 0. The first kappa shape index (κ1) is 9.03. The van der Waals surface area contributed by atoms with Crippen molar-refractivity contribution in [2.45, 2.75) is 13.1 Å². The lowest BCUT2D eigenvalue weighted by Crippen LogP contribution is -2.08. The summed E-state index contributed by atoms with van der Waals surface area (Å²) in [6.07, 6.45) is -4.63. The normalized spacial score (nSPS) is 11.8. The fourth-order valence-corrected chi connectivity index (χ4v) is 0.795. The molecular formula is C8H5F4. The van der Waals surface area contributed by atoms with Crippen LogP contribution in [0.3, 0.4) is 0 Å². The van der Waals surface area contributed by atoms with Gasteiger partial charge in [0.2, 0.25) is 0 Å². The second-order valence-corrected chi connectivity index (χ2v) is 2.36. The molecule has 65 valence electrons. The van der Waals surface area contributed by atoms with E-state index in [1.165, 1.54) is 13.0 Å². The Hall–Kier alpha value is -1.06. The highest BCUT2D eigenvalue weighted by Crippen LogP contribution is 2.31. The van der Waals surface area contributed by atoms with Gasteiger partial charge >= 0.3 is 6.18 Å². The summed E-state index contributed by atoms with van der Waals surface area (Å²) in [6.45, 7) is 1.26. The van der Waals surface area contributed by atoms with E-state index >= 15 is 0 Å². The number of alkyl halides is 3. The van der Waals surface area contributed by atoms with Crippen molar-refractivity contribution in [1.82, 2.24) is 0 Å². The van der Waals surface area contributed by atoms with Crippen LogP contribution in [0.1, 0.15) is 11.1 Å². The average molecular weight is 177 g/mol. The Morgan fingerprint density at radius 3 is 2.25 bits per heavy atom. The van der Waals surface area contributed by atoms with Crippen LogP contribution in [0.5, 0.6) is 0 Å². The Labute approximate surface area is 66.8 Å². The Kier molecular flexibility index (Phi) is 2.08. The summed E-state index contributed by atoms with van der Waals surface area (Å²) in [4.78, 5) is 0. The minimum absolute atomic E-state index is 0.0511. The quantitative estimate of drug-likeness (QED) is 0.534. The molecule has 0 saturated heterocycles. The Balaban J connectivity index is 3.26. The first-order valence-electron chi connectivity index (χ1n) is 3.16. The molecule has 0 fully saturated rings. The molecule has 0 saturated carbocycles. The maximum Gasteiger partial charge on any atom is 0.419 e. The van der Waals surface area contributed by atoms with Gasteiger partial charge in [0.05, 0.1) is 5.56 Å². The molecule has 0 amide bonds.